The van der Waals surface area contributed by atoms with Gasteiger partial charge in [-0.05, 0) is 12.1 Å². The molecule has 1 aromatic carbocycles. The van der Waals surface area contributed by atoms with Crippen LogP contribution < -0.4 is 10.2 Å². The predicted octanol–water partition coefficient (Wildman–Crippen LogP) is 3.14. The van der Waals surface area contributed by atoms with Gasteiger partial charge in [0.25, 0.3) is 0 Å². The Morgan fingerprint density at radius 1 is 1.38 bits per heavy atom. The third-order valence-electron chi connectivity index (χ3n) is 3.29. The largest absolute Gasteiger partial charge is 0.324 e. The molecule has 0 saturated carbocycles. The van der Waals surface area contributed by atoms with Crippen LogP contribution in [0.5, 0.6) is 0 Å². The maximum absolute atomic E-state index is 12.6. The maximum Gasteiger partial charge on any atom is 0.237 e. The number of benzene rings is 1. The zero-order chi connectivity index (χ0) is 15.6. The van der Waals surface area contributed by atoms with E-state index in [1.165, 1.54) is 0 Å². The van der Waals surface area contributed by atoms with Crippen molar-refractivity contribution in [1.29, 1.82) is 0 Å². The van der Waals surface area contributed by atoms with E-state index in [9.17, 15) is 9.59 Å². The standard InChI is InChI=1S/C16H22N2O2S/c1-11-9-18(14(19)10-21-16(2,3)4)13-8-6-5-7-12(13)17-15(11)20/h5-8,11H,9-10H2,1-4H3,(H,17,20)/t11-/m0/s1. The van der Waals surface area contributed by atoms with E-state index in [1.807, 2.05) is 31.2 Å². The van der Waals surface area contributed by atoms with Gasteiger partial charge in [0, 0.05) is 11.3 Å². The average molecular weight is 306 g/mol. The number of thioether (sulfide) groups is 1. The zero-order valence-corrected chi connectivity index (χ0v) is 13.8. The van der Waals surface area contributed by atoms with E-state index in [0.717, 1.165) is 5.69 Å². The first-order valence-corrected chi connectivity index (χ1v) is 8.11. The molecule has 5 heteroatoms. The summed E-state index contributed by atoms with van der Waals surface area (Å²) >= 11 is 1.62. The summed E-state index contributed by atoms with van der Waals surface area (Å²) in [6.07, 6.45) is 0. The second-order valence-corrected chi connectivity index (χ2v) is 8.11. The molecule has 1 heterocycles. The molecule has 1 aromatic rings. The highest BCUT2D eigenvalue weighted by Crippen LogP contribution is 2.31. The Morgan fingerprint density at radius 3 is 2.71 bits per heavy atom. The van der Waals surface area contributed by atoms with Gasteiger partial charge < -0.3 is 10.2 Å². The fourth-order valence-corrected chi connectivity index (χ4v) is 2.83. The lowest BCUT2D eigenvalue weighted by molar-refractivity contribution is -0.119. The van der Waals surface area contributed by atoms with E-state index in [1.54, 1.807) is 16.7 Å². The monoisotopic (exact) mass is 306 g/mol. The van der Waals surface area contributed by atoms with Crippen LogP contribution in [0.2, 0.25) is 0 Å². The SMILES string of the molecule is C[C@H]1CN(C(=O)CSC(C)(C)C)c2ccccc2NC1=O. The van der Waals surface area contributed by atoms with Gasteiger partial charge in [0.05, 0.1) is 23.0 Å². The summed E-state index contributed by atoms with van der Waals surface area (Å²) in [6, 6.07) is 7.47. The normalized spacial score (nSPS) is 18.8. The number of para-hydroxylation sites is 2. The molecule has 2 amide bonds. The Kier molecular flexibility index (Phi) is 4.61. The number of hydrogen-bond acceptors (Lipinski definition) is 3. The summed E-state index contributed by atoms with van der Waals surface area (Å²) < 4.78 is 0.0424. The number of anilines is 2. The molecule has 0 aliphatic carbocycles. The van der Waals surface area contributed by atoms with Gasteiger partial charge in [0.15, 0.2) is 0 Å². The zero-order valence-electron chi connectivity index (χ0n) is 13.0. The lowest BCUT2D eigenvalue weighted by atomic mass is 10.1. The molecule has 1 aliphatic rings. The van der Waals surface area contributed by atoms with Gasteiger partial charge in [-0.1, -0.05) is 39.8 Å². The minimum Gasteiger partial charge on any atom is -0.324 e. The highest BCUT2D eigenvalue weighted by Gasteiger charge is 2.28. The molecule has 114 valence electrons. The van der Waals surface area contributed by atoms with Gasteiger partial charge in [0.2, 0.25) is 11.8 Å². The molecule has 0 bridgehead atoms. The fourth-order valence-electron chi connectivity index (χ4n) is 2.12. The highest BCUT2D eigenvalue weighted by molar-refractivity contribution is 8.01. The Labute approximate surface area is 130 Å². The summed E-state index contributed by atoms with van der Waals surface area (Å²) in [5.74, 6) is 0.201. The number of amides is 2. The van der Waals surface area contributed by atoms with E-state index in [-0.39, 0.29) is 22.5 Å². The van der Waals surface area contributed by atoms with Crippen molar-refractivity contribution in [3.05, 3.63) is 24.3 Å². The van der Waals surface area contributed by atoms with Crippen LogP contribution in [-0.4, -0.2) is 28.9 Å². The number of nitrogens with one attached hydrogen (secondary N) is 1. The first-order valence-electron chi connectivity index (χ1n) is 7.12. The van der Waals surface area contributed by atoms with Crippen molar-refractivity contribution in [3.8, 4) is 0 Å². The summed E-state index contributed by atoms with van der Waals surface area (Å²) in [7, 11) is 0. The van der Waals surface area contributed by atoms with Crippen LogP contribution in [0, 0.1) is 5.92 Å². The molecule has 2 rings (SSSR count). The lowest BCUT2D eigenvalue weighted by Crippen LogP contribution is -2.37. The van der Waals surface area contributed by atoms with E-state index < -0.39 is 0 Å². The number of carbonyl (C=O) groups is 2. The molecular formula is C16H22N2O2S. The third-order valence-corrected chi connectivity index (χ3v) is 4.54. The molecule has 0 aromatic heterocycles. The lowest BCUT2D eigenvalue weighted by Gasteiger charge is -2.25. The van der Waals surface area contributed by atoms with Gasteiger partial charge in [-0.15, -0.1) is 11.8 Å². The first kappa shape index (κ1) is 15.9. The molecule has 21 heavy (non-hydrogen) atoms. The van der Waals surface area contributed by atoms with E-state index in [0.29, 0.717) is 18.0 Å². The molecule has 0 saturated heterocycles. The summed E-state index contributed by atoms with van der Waals surface area (Å²) in [4.78, 5) is 26.3. The van der Waals surface area contributed by atoms with Crippen LogP contribution in [0.15, 0.2) is 24.3 Å². The van der Waals surface area contributed by atoms with Gasteiger partial charge >= 0.3 is 0 Å². The van der Waals surface area contributed by atoms with Crippen molar-refractivity contribution in [2.75, 3.05) is 22.5 Å². The smallest absolute Gasteiger partial charge is 0.237 e. The number of carbonyl (C=O) groups excluding carboxylic acids is 2. The number of hydrogen-bond donors (Lipinski definition) is 1. The molecule has 4 nitrogen and oxygen atoms in total. The van der Waals surface area contributed by atoms with Gasteiger partial charge in [-0.3, -0.25) is 9.59 Å². The molecular weight excluding hydrogens is 284 g/mol. The quantitative estimate of drug-likeness (QED) is 0.913. The van der Waals surface area contributed by atoms with E-state index in [2.05, 4.69) is 26.1 Å². The average Bonchev–Trinajstić information content (AvgIpc) is 2.53. The third kappa shape index (κ3) is 4.00. The van der Waals surface area contributed by atoms with Crippen LogP contribution in [-0.2, 0) is 9.59 Å². The topological polar surface area (TPSA) is 49.4 Å². The van der Waals surface area contributed by atoms with Crippen LogP contribution in [0.4, 0.5) is 11.4 Å². The van der Waals surface area contributed by atoms with Crippen molar-refractivity contribution in [2.24, 2.45) is 5.92 Å². The molecule has 0 fully saturated rings. The molecule has 1 N–H and O–H groups in total. The highest BCUT2D eigenvalue weighted by atomic mass is 32.2. The number of rotatable bonds is 2. The van der Waals surface area contributed by atoms with Crippen molar-refractivity contribution in [3.63, 3.8) is 0 Å². The number of fused-ring (bicyclic) bond motifs is 1. The Bertz CT molecular complexity index is 551. The molecule has 0 radical (unpaired) electrons. The molecule has 0 unspecified atom stereocenters. The van der Waals surface area contributed by atoms with Crippen molar-refractivity contribution < 1.29 is 9.59 Å². The summed E-state index contributed by atoms with van der Waals surface area (Å²) in [5, 5.41) is 2.89. The van der Waals surface area contributed by atoms with Gasteiger partial charge in [-0.25, -0.2) is 0 Å². The number of nitrogens with zero attached hydrogens (tertiary/aromatic N) is 1. The van der Waals surface area contributed by atoms with Crippen molar-refractivity contribution in [2.45, 2.75) is 32.4 Å². The van der Waals surface area contributed by atoms with E-state index in [4.69, 9.17) is 0 Å². The van der Waals surface area contributed by atoms with Gasteiger partial charge in [0.1, 0.15) is 0 Å². The maximum atomic E-state index is 12.6. The van der Waals surface area contributed by atoms with Crippen LogP contribution in [0.1, 0.15) is 27.7 Å². The molecule has 1 aliphatic heterocycles. The predicted molar refractivity (Wildman–Crippen MR) is 88.8 cm³/mol. The minimum absolute atomic E-state index is 0.0405. The Morgan fingerprint density at radius 2 is 2.05 bits per heavy atom. The van der Waals surface area contributed by atoms with Crippen LogP contribution in [0.25, 0.3) is 0 Å². The van der Waals surface area contributed by atoms with E-state index >= 15 is 0 Å². The Hall–Kier alpha value is -1.49. The summed E-state index contributed by atoms with van der Waals surface area (Å²) in [5.41, 5.74) is 1.50. The second-order valence-electron chi connectivity index (χ2n) is 6.31. The molecule has 0 spiro atoms. The summed E-state index contributed by atoms with van der Waals surface area (Å²) in [6.45, 7) is 8.55. The molecule has 1 atom stereocenters. The minimum atomic E-state index is -0.221. The first-order chi connectivity index (χ1) is 9.78. The fraction of sp³-hybridized carbons (Fsp3) is 0.500. The van der Waals surface area contributed by atoms with Crippen molar-refractivity contribution in [1.82, 2.24) is 0 Å². The Balaban J connectivity index is 2.25. The van der Waals surface area contributed by atoms with Crippen molar-refractivity contribution >= 4 is 35.0 Å². The van der Waals surface area contributed by atoms with Crippen LogP contribution in [0.3, 0.4) is 0 Å². The van der Waals surface area contributed by atoms with Gasteiger partial charge in [-0.2, -0.15) is 0 Å². The van der Waals surface area contributed by atoms with Crippen LogP contribution >= 0.6 is 11.8 Å². The second kappa shape index (κ2) is 6.10.